The Hall–Kier alpha value is -1.60. The molecular weight excluding hydrogens is 240 g/mol. The highest BCUT2D eigenvalue weighted by molar-refractivity contribution is 7.80. The fraction of sp³-hybridized carbons (Fsp3) is 0.400. The summed E-state index contributed by atoms with van der Waals surface area (Å²) in [5.74, 6) is 1.05. The van der Waals surface area contributed by atoms with Gasteiger partial charge < -0.3 is 10.1 Å². The highest BCUT2D eigenvalue weighted by Crippen LogP contribution is 2.20. The van der Waals surface area contributed by atoms with Crippen molar-refractivity contribution >= 4 is 23.3 Å². The Kier molecular flexibility index (Phi) is 3.03. The first kappa shape index (κ1) is 11.9. The molecule has 2 rings (SSSR count). The van der Waals surface area contributed by atoms with Crippen LogP contribution in [0.15, 0.2) is 23.8 Å². The van der Waals surface area contributed by atoms with Crippen molar-refractivity contribution < 1.29 is 9.53 Å². The SMILES string of the molecule is COC(=O)N1C=C2NC(C(C)C)=CC(=S)N2N1. The quantitative estimate of drug-likeness (QED) is 0.682. The highest BCUT2D eigenvalue weighted by Gasteiger charge is 2.31. The van der Waals surface area contributed by atoms with E-state index in [1.54, 1.807) is 11.2 Å². The highest BCUT2D eigenvalue weighted by atomic mass is 32.1. The van der Waals surface area contributed by atoms with Gasteiger partial charge in [-0.15, -0.1) is 5.53 Å². The molecule has 0 atom stereocenters. The Balaban J connectivity index is 2.21. The van der Waals surface area contributed by atoms with E-state index >= 15 is 0 Å². The van der Waals surface area contributed by atoms with Crippen LogP contribution in [0.3, 0.4) is 0 Å². The van der Waals surface area contributed by atoms with Gasteiger partial charge in [-0.25, -0.2) is 9.80 Å². The van der Waals surface area contributed by atoms with Crippen LogP contribution in [-0.2, 0) is 4.74 Å². The maximum Gasteiger partial charge on any atom is 0.429 e. The lowest BCUT2D eigenvalue weighted by Gasteiger charge is -2.29. The number of allylic oxidation sites excluding steroid dienone is 1. The van der Waals surface area contributed by atoms with E-state index in [0.717, 1.165) is 5.70 Å². The number of fused-ring (bicyclic) bond motifs is 1. The molecule has 0 aliphatic carbocycles. The molecule has 0 aromatic carbocycles. The summed E-state index contributed by atoms with van der Waals surface area (Å²) in [4.78, 5) is 12.0. The number of amides is 1. The van der Waals surface area contributed by atoms with Gasteiger partial charge in [0, 0.05) is 5.70 Å². The number of ether oxygens (including phenoxy) is 1. The summed E-state index contributed by atoms with van der Waals surface area (Å²) in [6, 6.07) is 0. The predicted octanol–water partition coefficient (Wildman–Crippen LogP) is 1.06. The maximum absolute atomic E-state index is 11.4. The zero-order valence-corrected chi connectivity index (χ0v) is 10.7. The van der Waals surface area contributed by atoms with Crippen molar-refractivity contribution in [1.82, 2.24) is 20.9 Å². The molecule has 92 valence electrons. The van der Waals surface area contributed by atoms with Crippen molar-refractivity contribution in [2.45, 2.75) is 13.8 Å². The van der Waals surface area contributed by atoms with Gasteiger partial charge in [0.2, 0.25) is 0 Å². The van der Waals surface area contributed by atoms with Crippen molar-refractivity contribution in [3.63, 3.8) is 0 Å². The lowest BCUT2D eigenvalue weighted by molar-refractivity contribution is 0.108. The van der Waals surface area contributed by atoms with Gasteiger partial charge in [-0.3, -0.25) is 0 Å². The second-order valence-electron chi connectivity index (χ2n) is 4.01. The molecule has 0 bridgehead atoms. The standard InChI is InChI=1S/C10H14N4O2S/c1-6(2)7-4-9(17)14-8(11-7)5-13(12-14)10(15)16-3/h4-6,11-12H,1-3H3. The van der Waals surface area contributed by atoms with Gasteiger partial charge in [0.05, 0.1) is 13.3 Å². The van der Waals surface area contributed by atoms with E-state index in [-0.39, 0.29) is 0 Å². The monoisotopic (exact) mass is 254 g/mol. The second-order valence-corrected chi connectivity index (χ2v) is 4.43. The molecule has 0 aromatic heterocycles. The van der Waals surface area contributed by atoms with E-state index in [2.05, 4.69) is 29.4 Å². The molecule has 2 N–H and O–H groups in total. The zero-order chi connectivity index (χ0) is 12.6. The number of methoxy groups -OCH3 is 1. The summed E-state index contributed by atoms with van der Waals surface area (Å²) in [5.41, 5.74) is 3.82. The van der Waals surface area contributed by atoms with Gasteiger partial charge in [-0.2, -0.15) is 5.01 Å². The summed E-state index contributed by atoms with van der Waals surface area (Å²) >= 11 is 5.24. The number of nitrogens with one attached hydrogen (secondary N) is 2. The van der Waals surface area contributed by atoms with E-state index in [9.17, 15) is 4.79 Å². The number of thiocarbonyl (C=S) groups is 1. The summed E-state index contributed by atoms with van der Waals surface area (Å²) in [6.07, 6.45) is 2.97. The molecule has 0 saturated heterocycles. The van der Waals surface area contributed by atoms with Crippen molar-refractivity contribution in [2.24, 2.45) is 5.92 Å². The molecule has 2 aliphatic rings. The molecular formula is C10H14N4O2S. The number of carbonyl (C=O) groups is 1. The van der Waals surface area contributed by atoms with Crippen LogP contribution in [0.2, 0.25) is 0 Å². The Labute approximate surface area is 105 Å². The van der Waals surface area contributed by atoms with Gasteiger partial charge in [0.15, 0.2) is 0 Å². The fourth-order valence-electron chi connectivity index (χ4n) is 1.51. The second kappa shape index (κ2) is 4.34. The van der Waals surface area contributed by atoms with Gasteiger partial charge in [-0.05, 0) is 12.0 Å². The molecule has 17 heavy (non-hydrogen) atoms. The molecule has 1 amide bonds. The van der Waals surface area contributed by atoms with Crippen LogP contribution in [0.1, 0.15) is 13.8 Å². The van der Waals surface area contributed by atoms with Crippen molar-refractivity contribution in [1.29, 1.82) is 0 Å². The zero-order valence-electron chi connectivity index (χ0n) is 9.85. The topological polar surface area (TPSA) is 56.8 Å². The first-order valence-electron chi connectivity index (χ1n) is 5.21. The third kappa shape index (κ3) is 2.11. The van der Waals surface area contributed by atoms with Crippen molar-refractivity contribution in [3.8, 4) is 0 Å². The Morgan fingerprint density at radius 2 is 2.24 bits per heavy atom. The largest absolute Gasteiger partial charge is 0.452 e. The van der Waals surface area contributed by atoms with E-state index in [4.69, 9.17) is 12.2 Å². The Morgan fingerprint density at radius 1 is 1.53 bits per heavy atom. The van der Waals surface area contributed by atoms with Crippen LogP contribution < -0.4 is 10.9 Å². The molecule has 2 heterocycles. The van der Waals surface area contributed by atoms with Crippen LogP contribution in [0.4, 0.5) is 4.79 Å². The van der Waals surface area contributed by atoms with Gasteiger partial charge >= 0.3 is 6.09 Å². The van der Waals surface area contributed by atoms with Crippen molar-refractivity contribution in [2.75, 3.05) is 7.11 Å². The summed E-state index contributed by atoms with van der Waals surface area (Å²) < 4.78 is 4.61. The molecule has 0 unspecified atom stereocenters. The molecule has 6 nitrogen and oxygen atoms in total. The average molecular weight is 254 g/mol. The maximum atomic E-state index is 11.4. The Morgan fingerprint density at radius 3 is 2.82 bits per heavy atom. The molecule has 7 heteroatoms. The molecule has 0 fully saturated rings. The summed E-state index contributed by atoms with van der Waals surface area (Å²) in [7, 11) is 1.32. The molecule has 0 spiro atoms. The van der Waals surface area contributed by atoms with Crippen LogP contribution in [0.5, 0.6) is 0 Å². The molecule has 0 saturated carbocycles. The third-order valence-corrected chi connectivity index (χ3v) is 2.77. The first-order valence-corrected chi connectivity index (χ1v) is 5.61. The number of hydrogen-bond acceptors (Lipinski definition) is 5. The average Bonchev–Trinajstić information content (AvgIpc) is 2.72. The summed E-state index contributed by atoms with van der Waals surface area (Å²) in [5, 5.41) is 6.04. The van der Waals surface area contributed by atoms with Crippen LogP contribution in [0.25, 0.3) is 0 Å². The number of rotatable bonds is 1. The van der Waals surface area contributed by atoms with E-state index in [1.165, 1.54) is 12.1 Å². The number of carbonyl (C=O) groups excluding carboxylic acids is 1. The fourth-order valence-corrected chi connectivity index (χ4v) is 1.78. The number of hydrazine groups is 2. The predicted molar refractivity (Wildman–Crippen MR) is 66.0 cm³/mol. The molecule has 2 aliphatic heterocycles. The minimum absolute atomic E-state index is 0.336. The van der Waals surface area contributed by atoms with Gasteiger partial charge in [0.25, 0.3) is 0 Å². The normalized spacial score (nSPS) is 18.7. The van der Waals surface area contributed by atoms with Crippen molar-refractivity contribution in [3.05, 3.63) is 23.8 Å². The minimum atomic E-state index is -0.498. The van der Waals surface area contributed by atoms with E-state index in [1.807, 2.05) is 6.08 Å². The van der Waals surface area contributed by atoms with E-state index < -0.39 is 6.09 Å². The van der Waals surface area contributed by atoms with Gasteiger partial charge in [0.1, 0.15) is 10.8 Å². The lowest BCUT2D eigenvalue weighted by atomic mass is 10.1. The molecule has 0 radical (unpaired) electrons. The molecule has 0 aromatic rings. The van der Waals surface area contributed by atoms with Crippen LogP contribution in [-0.4, -0.2) is 28.2 Å². The smallest absolute Gasteiger partial charge is 0.429 e. The number of hydrogen-bond donors (Lipinski definition) is 2. The first-order chi connectivity index (χ1) is 8.02. The van der Waals surface area contributed by atoms with Crippen LogP contribution >= 0.6 is 12.2 Å². The van der Waals surface area contributed by atoms with E-state index in [0.29, 0.717) is 16.7 Å². The van der Waals surface area contributed by atoms with Gasteiger partial charge in [-0.1, -0.05) is 26.1 Å². The number of nitrogens with zero attached hydrogens (tertiary/aromatic N) is 2. The minimum Gasteiger partial charge on any atom is -0.452 e. The third-order valence-electron chi connectivity index (χ3n) is 2.47. The van der Waals surface area contributed by atoms with Crippen LogP contribution in [0, 0.1) is 5.92 Å². The Bertz CT molecular complexity index is 430. The summed E-state index contributed by atoms with van der Waals surface area (Å²) in [6.45, 7) is 4.14. The lowest BCUT2D eigenvalue weighted by Crippen LogP contribution is -2.48.